The van der Waals surface area contributed by atoms with Gasteiger partial charge in [-0.1, -0.05) is 22.0 Å². The Bertz CT molecular complexity index is 518. The molecule has 1 atom stereocenters. The molecule has 2 aromatic rings. The molecule has 0 aliphatic heterocycles. The quantitative estimate of drug-likeness (QED) is 0.941. The summed E-state index contributed by atoms with van der Waals surface area (Å²) in [6, 6.07) is 8.57. The van der Waals surface area contributed by atoms with Crippen LogP contribution in [0.15, 0.2) is 47.2 Å². The third kappa shape index (κ3) is 3.62. The first kappa shape index (κ1) is 13.2. The molecule has 4 heteroatoms. The zero-order valence-electron chi connectivity index (χ0n) is 9.68. The van der Waals surface area contributed by atoms with Crippen LogP contribution in [0.4, 0.5) is 4.39 Å². The molecule has 0 fully saturated rings. The number of hydrogen-bond acceptors (Lipinski definition) is 2. The number of aromatic nitrogens is 1. The van der Waals surface area contributed by atoms with Crippen molar-refractivity contribution in [1.82, 2.24) is 4.98 Å². The van der Waals surface area contributed by atoms with Crippen molar-refractivity contribution in [3.05, 3.63) is 64.1 Å². The van der Waals surface area contributed by atoms with Gasteiger partial charge in [-0.15, -0.1) is 0 Å². The summed E-state index contributed by atoms with van der Waals surface area (Å²) in [7, 11) is 0. The summed E-state index contributed by atoms with van der Waals surface area (Å²) >= 11 is 3.21. The average molecular weight is 310 g/mol. The molecule has 1 aromatic carbocycles. The van der Waals surface area contributed by atoms with Gasteiger partial charge in [-0.25, -0.2) is 4.39 Å². The molecule has 0 saturated heterocycles. The molecule has 0 saturated carbocycles. The fourth-order valence-electron chi connectivity index (χ4n) is 1.80. The van der Waals surface area contributed by atoms with E-state index in [2.05, 4.69) is 20.9 Å². The predicted molar refractivity (Wildman–Crippen MR) is 71.8 cm³/mol. The van der Waals surface area contributed by atoms with Crippen molar-refractivity contribution in [3.63, 3.8) is 0 Å². The smallest absolute Gasteiger partial charge is 0.127 e. The van der Waals surface area contributed by atoms with Gasteiger partial charge in [-0.2, -0.15) is 0 Å². The molecular formula is C14H13BrFNO. The average Bonchev–Trinajstić information content (AvgIpc) is 2.34. The highest BCUT2D eigenvalue weighted by molar-refractivity contribution is 9.10. The van der Waals surface area contributed by atoms with Crippen LogP contribution < -0.4 is 0 Å². The van der Waals surface area contributed by atoms with Gasteiger partial charge in [0.2, 0.25) is 0 Å². The van der Waals surface area contributed by atoms with Crippen molar-refractivity contribution in [3.8, 4) is 0 Å². The second-order valence-electron chi connectivity index (χ2n) is 4.15. The van der Waals surface area contributed by atoms with Crippen molar-refractivity contribution < 1.29 is 9.50 Å². The number of benzene rings is 1. The minimum Gasteiger partial charge on any atom is -0.392 e. The van der Waals surface area contributed by atoms with E-state index < -0.39 is 6.10 Å². The lowest BCUT2D eigenvalue weighted by Gasteiger charge is -2.11. The van der Waals surface area contributed by atoms with Gasteiger partial charge in [0.05, 0.1) is 6.10 Å². The second-order valence-corrected chi connectivity index (χ2v) is 5.07. The van der Waals surface area contributed by atoms with E-state index >= 15 is 0 Å². The molecule has 0 bridgehead atoms. The van der Waals surface area contributed by atoms with Gasteiger partial charge in [0.25, 0.3) is 0 Å². The Morgan fingerprint density at radius 2 is 1.89 bits per heavy atom. The number of aliphatic hydroxyl groups excluding tert-OH is 1. The fraction of sp³-hybridized carbons (Fsp3) is 0.214. The molecule has 1 heterocycles. The minimum absolute atomic E-state index is 0.293. The maximum atomic E-state index is 13.6. The monoisotopic (exact) mass is 309 g/mol. The van der Waals surface area contributed by atoms with E-state index in [1.165, 1.54) is 6.07 Å². The molecule has 94 valence electrons. The van der Waals surface area contributed by atoms with E-state index in [0.717, 1.165) is 5.56 Å². The number of pyridine rings is 1. The first-order chi connectivity index (χ1) is 8.65. The molecule has 1 aromatic heterocycles. The molecule has 2 nitrogen and oxygen atoms in total. The summed E-state index contributed by atoms with van der Waals surface area (Å²) < 4.78 is 14.3. The molecular weight excluding hydrogens is 297 g/mol. The molecule has 0 amide bonds. The Labute approximate surface area is 114 Å². The first-order valence-corrected chi connectivity index (χ1v) is 6.45. The third-order valence-electron chi connectivity index (χ3n) is 2.69. The number of aliphatic hydroxyl groups is 1. The van der Waals surface area contributed by atoms with Gasteiger partial charge in [-0.05, 0) is 41.8 Å². The van der Waals surface area contributed by atoms with Crippen molar-refractivity contribution in [1.29, 1.82) is 0 Å². The highest BCUT2D eigenvalue weighted by Gasteiger charge is 2.10. The van der Waals surface area contributed by atoms with Crippen LogP contribution in [-0.2, 0) is 12.8 Å². The predicted octanol–water partition coefficient (Wildman–Crippen LogP) is 3.13. The van der Waals surface area contributed by atoms with Crippen LogP contribution in [-0.4, -0.2) is 16.2 Å². The molecule has 0 spiro atoms. The van der Waals surface area contributed by atoms with Crippen molar-refractivity contribution in [2.24, 2.45) is 0 Å². The van der Waals surface area contributed by atoms with Crippen LogP contribution in [0, 0.1) is 5.82 Å². The Balaban J connectivity index is 2.01. The third-order valence-corrected chi connectivity index (χ3v) is 3.18. The Kier molecular flexibility index (Phi) is 4.44. The lowest BCUT2D eigenvalue weighted by Crippen LogP contribution is -2.14. The Hall–Kier alpha value is -1.26. The fourth-order valence-corrected chi connectivity index (χ4v) is 2.14. The highest BCUT2D eigenvalue weighted by atomic mass is 79.9. The summed E-state index contributed by atoms with van der Waals surface area (Å²) in [6.07, 6.45) is 3.58. The van der Waals surface area contributed by atoms with E-state index in [1.54, 1.807) is 24.5 Å². The molecule has 1 N–H and O–H groups in total. The maximum Gasteiger partial charge on any atom is 0.127 e. The number of halogens is 2. The standard InChI is InChI=1S/C14H13BrFNO/c15-12-2-1-11(14(16)9-12)8-13(18)7-10-3-5-17-6-4-10/h1-6,9,13,18H,7-8H2. The summed E-state index contributed by atoms with van der Waals surface area (Å²) in [5, 5.41) is 9.95. The zero-order valence-corrected chi connectivity index (χ0v) is 11.3. The van der Waals surface area contributed by atoms with Gasteiger partial charge in [0.15, 0.2) is 0 Å². The van der Waals surface area contributed by atoms with E-state index in [4.69, 9.17) is 0 Å². The number of nitrogens with zero attached hydrogens (tertiary/aromatic N) is 1. The molecule has 18 heavy (non-hydrogen) atoms. The number of rotatable bonds is 4. The molecule has 2 rings (SSSR count). The van der Waals surface area contributed by atoms with Crippen molar-refractivity contribution >= 4 is 15.9 Å². The SMILES string of the molecule is OC(Cc1ccncc1)Cc1ccc(Br)cc1F. The Morgan fingerprint density at radius 1 is 1.17 bits per heavy atom. The van der Waals surface area contributed by atoms with Gasteiger partial charge in [-0.3, -0.25) is 4.98 Å². The molecule has 0 aliphatic carbocycles. The number of hydrogen-bond donors (Lipinski definition) is 1. The van der Waals surface area contributed by atoms with Crippen LogP contribution in [0.3, 0.4) is 0 Å². The van der Waals surface area contributed by atoms with Crippen LogP contribution in [0.1, 0.15) is 11.1 Å². The van der Waals surface area contributed by atoms with Gasteiger partial charge >= 0.3 is 0 Å². The van der Waals surface area contributed by atoms with Crippen LogP contribution in [0.5, 0.6) is 0 Å². The minimum atomic E-state index is -0.594. The maximum absolute atomic E-state index is 13.6. The second kappa shape index (κ2) is 6.07. The summed E-state index contributed by atoms with van der Waals surface area (Å²) in [6.45, 7) is 0. The van der Waals surface area contributed by atoms with E-state index in [9.17, 15) is 9.50 Å². The highest BCUT2D eigenvalue weighted by Crippen LogP contribution is 2.17. The molecule has 0 aliphatic rings. The van der Waals surface area contributed by atoms with Crippen LogP contribution >= 0.6 is 15.9 Å². The zero-order chi connectivity index (χ0) is 13.0. The van der Waals surface area contributed by atoms with Crippen molar-refractivity contribution in [2.75, 3.05) is 0 Å². The van der Waals surface area contributed by atoms with Gasteiger partial charge in [0.1, 0.15) is 5.82 Å². The first-order valence-electron chi connectivity index (χ1n) is 5.66. The van der Waals surface area contributed by atoms with E-state index in [1.807, 2.05) is 12.1 Å². The normalized spacial score (nSPS) is 12.4. The van der Waals surface area contributed by atoms with E-state index in [0.29, 0.717) is 22.9 Å². The summed E-state index contributed by atoms with van der Waals surface area (Å²) in [5.41, 5.74) is 1.52. The van der Waals surface area contributed by atoms with Crippen molar-refractivity contribution in [2.45, 2.75) is 18.9 Å². The van der Waals surface area contributed by atoms with Crippen LogP contribution in [0.2, 0.25) is 0 Å². The Morgan fingerprint density at radius 3 is 2.56 bits per heavy atom. The van der Waals surface area contributed by atoms with Gasteiger partial charge in [0, 0.05) is 23.3 Å². The summed E-state index contributed by atoms with van der Waals surface area (Å²) in [5.74, 6) is -0.293. The summed E-state index contributed by atoms with van der Waals surface area (Å²) in [4.78, 5) is 3.91. The van der Waals surface area contributed by atoms with E-state index in [-0.39, 0.29) is 5.82 Å². The molecule has 1 unspecified atom stereocenters. The lowest BCUT2D eigenvalue weighted by molar-refractivity contribution is 0.174. The largest absolute Gasteiger partial charge is 0.392 e. The van der Waals surface area contributed by atoms with Crippen LogP contribution in [0.25, 0.3) is 0 Å². The van der Waals surface area contributed by atoms with Gasteiger partial charge < -0.3 is 5.11 Å². The topological polar surface area (TPSA) is 33.1 Å². The molecule has 0 radical (unpaired) electrons. The lowest BCUT2D eigenvalue weighted by atomic mass is 10.0.